The molecular formula is C13H15N3O2S. The van der Waals surface area contributed by atoms with Crippen LogP contribution in [0, 0.1) is 17.2 Å². The van der Waals surface area contributed by atoms with Crippen LogP contribution in [-0.2, 0) is 9.59 Å². The lowest BCUT2D eigenvalue weighted by molar-refractivity contribution is -0.119. The number of anilines is 1. The van der Waals surface area contributed by atoms with E-state index in [0.29, 0.717) is 17.1 Å². The monoisotopic (exact) mass is 277 g/mol. The average Bonchev–Trinajstić information content (AvgIpc) is 2.86. The maximum atomic E-state index is 11.9. The SMILES string of the molecule is N#Cc1ccsc1NC(=O)CN1CCCC(C=O)C1. The molecule has 1 saturated heterocycles. The summed E-state index contributed by atoms with van der Waals surface area (Å²) in [5.41, 5.74) is 0.489. The van der Waals surface area contributed by atoms with E-state index in [-0.39, 0.29) is 18.4 Å². The first kappa shape index (κ1) is 13.7. The molecule has 0 spiro atoms. The lowest BCUT2D eigenvalue weighted by Gasteiger charge is -2.29. The highest BCUT2D eigenvalue weighted by Gasteiger charge is 2.21. The molecule has 100 valence electrons. The van der Waals surface area contributed by atoms with E-state index in [1.165, 1.54) is 11.3 Å². The number of nitrogens with zero attached hydrogens (tertiary/aromatic N) is 2. The molecular weight excluding hydrogens is 262 g/mol. The van der Waals surface area contributed by atoms with Gasteiger partial charge in [-0.05, 0) is 30.8 Å². The Labute approximate surface area is 115 Å². The van der Waals surface area contributed by atoms with Crippen molar-refractivity contribution in [2.75, 3.05) is 25.0 Å². The topological polar surface area (TPSA) is 73.2 Å². The van der Waals surface area contributed by atoms with E-state index in [1.54, 1.807) is 11.4 Å². The van der Waals surface area contributed by atoms with Crippen LogP contribution in [0.2, 0.25) is 0 Å². The largest absolute Gasteiger partial charge is 0.315 e. The standard InChI is InChI=1S/C13H15N3O2S/c14-6-11-3-5-19-13(11)15-12(18)8-16-4-1-2-10(7-16)9-17/h3,5,9-10H,1-2,4,7-8H2,(H,15,18). The Morgan fingerprint density at radius 1 is 1.68 bits per heavy atom. The zero-order valence-corrected chi connectivity index (χ0v) is 11.3. The Kier molecular flexibility index (Phi) is 4.66. The van der Waals surface area contributed by atoms with E-state index in [2.05, 4.69) is 5.32 Å². The zero-order valence-electron chi connectivity index (χ0n) is 10.5. The third kappa shape index (κ3) is 3.63. The van der Waals surface area contributed by atoms with E-state index in [1.807, 2.05) is 11.0 Å². The van der Waals surface area contributed by atoms with Crippen molar-refractivity contribution >= 4 is 28.5 Å². The first-order valence-corrected chi connectivity index (χ1v) is 7.06. The third-order valence-corrected chi connectivity index (χ3v) is 3.97. The van der Waals surface area contributed by atoms with Crippen LogP contribution in [0.3, 0.4) is 0 Å². The zero-order chi connectivity index (χ0) is 13.7. The van der Waals surface area contributed by atoms with E-state index in [4.69, 9.17) is 5.26 Å². The summed E-state index contributed by atoms with van der Waals surface area (Å²) in [5.74, 6) is -0.0940. The van der Waals surface area contributed by atoms with Crippen LogP contribution < -0.4 is 5.32 Å². The number of amides is 1. The number of nitriles is 1. The van der Waals surface area contributed by atoms with Gasteiger partial charge in [0.2, 0.25) is 5.91 Å². The maximum Gasteiger partial charge on any atom is 0.239 e. The highest BCUT2D eigenvalue weighted by molar-refractivity contribution is 7.14. The summed E-state index contributed by atoms with van der Waals surface area (Å²) < 4.78 is 0. The number of carbonyl (C=O) groups is 2. The van der Waals surface area contributed by atoms with Gasteiger partial charge in [0.15, 0.2) is 0 Å². The molecule has 1 aromatic heterocycles. The van der Waals surface area contributed by atoms with E-state index >= 15 is 0 Å². The summed E-state index contributed by atoms with van der Waals surface area (Å²) in [7, 11) is 0. The second-order valence-corrected chi connectivity index (χ2v) is 5.51. The van der Waals surface area contributed by atoms with Crippen LogP contribution in [0.25, 0.3) is 0 Å². The highest BCUT2D eigenvalue weighted by atomic mass is 32.1. The van der Waals surface area contributed by atoms with Gasteiger partial charge in [-0.3, -0.25) is 9.69 Å². The first-order chi connectivity index (χ1) is 9.22. The number of aldehydes is 1. The molecule has 1 aliphatic rings. The molecule has 2 heterocycles. The van der Waals surface area contributed by atoms with Crippen LogP contribution in [0.1, 0.15) is 18.4 Å². The molecule has 6 heteroatoms. The number of carbonyl (C=O) groups excluding carboxylic acids is 2. The Bertz CT molecular complexity index is 506. The summed E-state index contributed by atoms with van der Waals surface area (Å²) in [6.07, 6.45) is 2.82. The normalized spacial score (nSPS) is 19.6. The van der Waals surface area contributed by atoms with Crippen molar-refractivity contribution in [1.29, 1.82) is 5.26 Å². The van der Waals surface area contributed by atoms with E-state index in [9.17, 15) is 9.59 Å². The Hall–Kier alpha value is -1.71. The molecule has 1 amide bonds. The molecule has 1 fully saturated rings. The quantitative estimate of drug-likeness (QED) is 0.846. The fourth-order valence-corrected chi connectivity index (χ4v) is 2.96. The molecule has 0 aliphatic carbocycles. The predicted octanol–water partition coefficient (Wildman–Crippen LogP) is 1.47. The van der Waals surface area contributed by atoms with Crippen molar-refractivity contribution in [3.05, 3.63) is 17.0 Å². The van der Waals surface area contributed by atoms with Crippen molar-refractivity contribution < 1.29 is 9.59 Å². The molecule has 0 saturated carbocycles. The molecule has 1 aliphatic heterocycles. The summed E-state index contributed by atoms with van der Waals surface area (Å²) in [4.78, 5) is 24.7. The van der Waals surface area contributed by atoms with Crippen molar-refractivity contribution in [3.63, 3.8) is 0 Å². The van der Waals surface area contributed by atoms with Gasteiger partial charge in [-0.15, -0.1) is 11.3 Å². The fourth-order valence-electron chi connectivity index (χ4n) is 2.21. The lowest BCUT2D eigenvalue weighted by atomic mass is 10.00. The van der Waals surface area contributed by atoms with Gasteiger partial charge in [0, 0.05) is 12.5 Å². The third-order valence-electron chi connectivity index (χ3n) is 3.14. The Balaban J connectivity index is 1.88. The Morgan fingerprint density at radius 2 is 2.53 bits per heavy atom. The van der Waals surface area contributed by atoms with Crippen molar-refractivity contribution in [2.24, 2.45) is 5.92 Å². The second-order valence-electron chi connectivity index (χ2n) is 4.60. The van der Waals surface area contributed by atoms with Crippen molar-refractivity contribution in [1.82, 2.24) is 4.90 Å². The summed E-state index contributed by atoms with van der Waals surface area (Å²) in [6.45, 7) is 1.76. The number of piperidine rings is 1. The van der Waals surface area contributed by atoms with Gasteiger partial charge in [0.05, 0.1) is 12.1 Å². The van der Waals surface area contributed by atoms with Gasteiger partial charge in [-0.2, -0.15) is 5.26 Å². The average molecular weight is 277 g/mol. The highest BCUT2D eigenvalue weighted by Crippen LogP contribution is 2.22. The first-order valence-electron chi connectivity index (χ1n) is 6.18. The molecule has 2 rings (SSSR count). The fraction of sp³-hybridized carbons (Fsp3) is 0.462. The minimum Gasteiger partial charge on any atom is -0.315 e. The van der Waals surface area contributed by atoms with Crippen LogP contribution in [0.15, 0.2) is 11.4 Å². The van der Waals surface area contributed by atoms with Gasteiger partial charge in [0.1, 0.15) is 17.4 Å². The van der Waals surface area contributed by atoms with Crippen LogP contribution in [-0.4, -0.2) is 36.7 Å². The van der Waals surface area contributed by atoms with Crippen molar-refractivity contribution in [3.8, 4) is 6.07 Å². The molecule has 1 atom stereocenters. The summed E-state index contributed by atoms with van der Waals surface area (Å²) in [6, 6.07) is 3.72. The molecule has 1 unspecified atom stereocenters. The second kappa shape index (κ2) is 6.45. The number of rotatable bonds is 4. The number of likely N-dealkylation sites (tertiary alicyclic amines) is 1. The van der Waals surface area contributed by atoms with Crippen LogP contribution in [0.5, 0.6) is 0 Å². The van der Waals surface area contributed by atoms with Crippen LogP contribution in [0.4, 0.5) is 5.00 Å². The summed E-state index contributed by atoms with van der Waals surface area (Å²) in [5, 5.41) is 14.0. The van der Waals surface area contributed by atoms with Gasteiger partial charge >= 0.3 is 0 Å². The van der Waals surface area contributed by atoms with Gasteiger partial charge in [0.25, 0.3) is 0 Å². The van der Waals surface area contributed by atoms with E-state index in [0.717, 1.165) is 25.7 Å². The molecule has 1 N–H and O–H groups in total. The van der Waals surface area contributed by atoms with Gasteiger partial charge in [-0.1, -0.05) is 0 Å². The van der Waals surface area contributed by atoms with Gasteiger partial charge < -0.3 is 10.1 Å². The predicted molar refractivity (Wildman–Crippen MR) is 72.9 cm³/mol. The molecule has 19 heavy (non-hydrogen) atoms. The molecule has 0 radical (unpaired) electrons. The molecule has 0 aromatic carbocycles. The Morgan fingerprint density at radius 3 is 3.26 bits per heavy atom. The van der Waals surface area contributed by atoms with Gasteiger partial charge in [-0.25, -0.2) is 0 Å². The van der Waals surface area contributed by atoms with Crippen LogP contribution >= 0.6 is 11.3 Å². The number of thiophene rings is 1. The number of hydrogen-bond donors (Lipinski definition) is 1. The molecule has 1 aromatic rings. The van der Waals surface area contributed by atoms with E-state index < -0.39 is 0 Å². The summed E-state index contributed by atoms with van der Waals surface area (Å²) >= 11 is 1.34. The number of hydrogen-bond acceptors (Lipinski definition) is 5. The minimum atomic E-state index is -0.134. The lowest BCUT2D eigenvalue weighted by Crippen LogP contribution is -2.40. The molecule has 0 bridgehead atoms. The maximum absolute atomic E-state index is 11.9. The number of nitrogens with one attached hydrogen (secondary N) is 1. The molecule has 5 nitrogen and oxygen atoms in total. The van der Waals surface area contributed by atoms with Crippen molar-refractivity contribution in [2.45, 2.75) is 12.8 Å². The minimum absolute atomic E-state index is 0.0398. The smallest absolute Gasteiger partial charge is 0.239 e.